The van der Waals surface area contributed by atoms with Crippen LogP contribution in [-0.4, -0.2) is 0 Å². The van der Waals surface area contributed by atoms with Crippen molar-refractivity contribution in [2.24, 2.45) is 11.8 Å². The van der Waals surface area contributed by atoms with E-state index in [1.807, 2.05) is 6.07 Å². The van der Waals surface area contributed by atoms with E-state index in [-0.39, 0.29) is 5.82 Å². The van der Waals surface area contributed by atoms with E-state index in [1.54, 1.807) is 6.07 Å². The summed E-state index contributed by atoms with van der Waals surface area (Å²) in [4.78, 5) is 0. The Hall–Kier alpha value is -1.11. The zero-order chi connectivity index (χ0) is 13.2. The molecule has 0 aromatic heterocycles. The number of allylic oxidation sites excluding steroid dienone is 1. The molecule has 1 aromatic rings. The van der Waals surface area contributed by atoms with Gasteiger partial charge in [-0.2, -0.15) is 0 Å². The molecule has 0 saturated heterocycles. The van der Waals surface area contributed by atoms with Gasteiger partial charge >= 0.3 is 0 Å². The zero-order valence-corrected chi connectivity index (χ0v) is 11.6. The molecule has 100 valence electrons. The standard InChI is InChI=1S/C18H21F/c1-11-12(2)15(11)9-13-5-6-18(7-8-18)17-4-3-14(19)10-16(13)17/h3-4,10,12-13,15H,1,5-9H2,2H3. The molecule has 1 heteroatoms. The third-order valence-electron chi connectivity index (χ3n) is 5.94. The highest BCUT2D eigenvalue weighted by Crippen LogP contribution is 2.60. The van der Waals surface area contributed by atoms with Crippen molar-refractivity contribution in [3.63, 3.8) is 0 Å². The van der Waals surface area contributed by atoms with E-state index < -0.39 is 0 Å². The second-order valence-corrected chi connectivity index (χ2v) is 6.95. The van der Waals surface area contributed by atoms with Gasteiger partial charge in [0.2, 0.25) is 0 Å². The van der Waals surface area contributed by atoms with Gasteiger partial charge in [-0.3, -0.25) is 0 Å². The lowest BCUT2D eigenvalue weighted by molar-refractivity contribution is 0.430. The van der Waals surface area contributed by atoms with Crippen LogP contribution in [0.1, 0.15) is 56.1 Å². The Morgan fingerprint density at radius 3 is 2.68 bits per heavy atom. The summed E-state index contributed by atoms with van der Waals surface area (Å²) in [6.07, 6.45) is 6.36. The molecule has 3 atom stereocenters. The molecule has 19 heavy (non-hydrogen) atoms. The molecule has 0 amide bonds. The van der Waals surface area contributed by atoms with Crippen molar-refractivity contribution in [2.45, 2.75) is 50.4 Å². The number of rotatable bonds is 2. The van der Waals surface area contributed by atoms with E-state index in [9.17, 15) is 4.39 Å². The van der Waals surface area contributed by atoms with E-state index >= 15 is 0 Å². The Bertz CT molecular complexity index is 553. The van der Waals surface area contributed by atoms with Crippen molar-refractivity contribution in [2.75, 3.05) is 0 Å². The summed E-state index contributed by atoms with van der Waals surface area (Å²) in [5, 5.41) is 0. The van der Waals surface area contributed by atoms with Gasteiger partial charge in [-0.1, -0.05) is 25.1 Å². The van der Waals surface area contributed by atoms with Crippen molar-refractivity contribution in [3.8, 4) is 0 Å². The molecule has 0 radical (unpaired) electrons. The van der Waals surface area contributed by atoms with Gasteiger partial charge in [0.15, 0.2) is 0 Å². The topological polar surface area (TPSA) is 0 Å². The highest BCUT2D eigenvalue weighted by molar-refractivity contribution is 5.44. The number of halogens is 1. The Morgan fingerprint density at radius 2 is 2.05 bits per heavy atom. The average Bonchev–Trinajstić information content (AvgIpc) is 3.28. The maximum atomic E-state index is 13.6. The second kappa shape index (κ2) is 3.71. The van der Waals surface area contributed by atoms with Gasteiger partial charge in [0.05, 0.1) is 0 Å². The highest BCUT2D eigenvalue weighted by Gasteiger charge is 2.50. The van der Waals surface area contributed by atoms with Crippen LogP contribution in [0.15, 0.2) is 30.4 Å². The SMILES string of the molecule is C=C1C(C)C1CC1CCC2(CC2)c2ccc(F)cc21. The van der Waals surface area contributed by atoms with Crippen LogP contribution in [0.3, 0.4) is 0 Å². The van der Waals surface area contributed by atoms with E-state index in [0.717, 1.165) is 0 Å². The van der Waals surface area contributed by atoms with Crippen LogP contribution in [0.5, 0.6) is 0 Å². The Kier molecular flexibility index (Phi) is 2.29. The van der Waals surface area contributed by atoms with Crippen molar-refractivity contribution in [1.29, 1.82) is 0 Å². The summed E-state index contributed by atoms with van der Waals surface area (Å²) >= 11 is 0. The normalized spacial score (nSPS) is 34.2. The van der Waals surface area contributed by atoms with Crippen LogP contribution in [0.4, 0.5) is 4.39 Å². The molecule has 3 aliphatic rings. The van der Waals surface area contributed by atoms with Gasteiger partial charge in [0.1, 0.15) is 5.82 Å². The second-order valence-electron chi connectivity index (χ2n) is 6.95. The highest BCUT2D eigenvalue weighted by atomic mass is 19.1. The van der Waals surface area contributed by atoms with Crippen LogP contribution < -0.4 is 0 Å². The lowest BCUT2D eigenvalue weighted by Crippen LogP contribution is -2.20. The predicted octanol–water partition coefficient (Wildman–Crippen LogP) is 4.95. The molecule has 0 bridgehead atoms. The first-order valence-electron chi connectivity index (χ1n) is 7.59. The third-order valence-corrected chi connectivity index (χ3v) is 5.94. The monoisotopic (exact) mass is 256 g/mol. The molecule has 0 aliphatic heterocycles. The van der Waals surface area contributed by atoms with Crippen LogP contribution in [0.25, 0.3) is 0 Å². The third kappa shape index (κ3) is 1.70. The molecule has 4 rings (SSSR count). The predicted molar refractivity (Wildman–Crippen MR) is 75.7 cm³/mol. The lowest BCUT2D eigenvalue weighted by atomic mass is 9.73. The maximum absolute atomic E-state index is 13.6. The van der Waals surface area contributed by atoms with Crippen molar-refractivity contribution < 1.29 is 4.39 Å². The van der Waals surface area contributed by atoms with Crippen molar-refractivity contribution >= 4 is 0 Å². The molecule has 3 aliphatic carbocycles. The molecule has 1 spiro atoms. The van der Waals surface area contributed by atoms with Gasteiger partial charge in [0, 0.05) is 0 Å². The molecule has 1 aromatic carbocycles. The molecular formula is C18H21F. The summed E-state index contributed by atoms with van der Waals surface area (Å²) in [7, 11) is 0. The van der Waals surface area contributed by atoms with Gasteiger partial charge in [-0.15, -0.1) is 0 Å². The number of hydrogen-bond donors (Lipinski definition) is 0. The van der Waals surface area contributed by atoms with E-state index in [0.29, 0.717) is 23.2 Å². The molecule has 2 fully saturated rings. The van der Waals surface area contributed by atoms with Gasteiger partial charge in [0.25, 0.3) is 0 Å². The minimum Gasteiger partial charge on any atom is -0.207 e. The molecule has 0 heterocycles. The fraction of sp³-hybridized carbons (Fsp3) is 0.556. The quantitative estimate of drug-likeness (QED) is 0.657. The van der Waals surface area contributed by atoms with Crippen molar-refractivity contribution in [1.82, 2.24) is 0 Å². The van der Waals surface area contributed by atoms with Crippen LogP contribution in [0.2, 0.25) is 0 Å². The summed E-state index contributed by atoms with van der Waals surface area (Å²) in [5.41, 5.74) is 4.62. The average molecular weight is 256 g/mol. The fourth-order valence-electron chi connectivity index (χ4n) is 4.21. The number of benzene rings is 1. The van der Waals surface area contributed by atoms with Gasteiger partial charge < -0.3 is 0 Å². The Balaban J connectivity index is 1.67. The van der Waals surface area contributed by atoms with Gasteiger partial charge in [-0.25, -0.2) is 4.39 Å². The summed E-state index contributed by atoms with van der Waals surface area (Å²) in [6, 6.07) is 5.53. The molecular weight excluding hydrogens is 235 g/mol. The maximum Gasteiger partial charge on any atom is 0.123 e. The van der Waals surface area contributed by atoms with Crippen LogP contribution in [0, 0.1) is 17.7 Å². The first kappa shape index (κ1) is 11.7. The van der Waals surface area contributed by atoms with Crippen LogP contribution >= 0.6 is 0 Å². The van der Waals surface area contributed by atoms with Crippen molar-refractivity contribution in [3.05, 3.63) is 47.3 Å². The summed E-state index contributed by atoms with van der Waals surface area (Å²) < 4.78 is 13.6. The number of fused-ring (bicyclic) bond motifs is 2. The smallest absolute Gasteiger partial charge is 0.123 e. The van der Waals surface area contributed by atoms with Gasteiger partial charge in [-0.05, 0) is 78.5 Å². The number of hydrogen-bond acceptors (Lipinski definition) is 0. The lowest BCUT2D eigenvalue weighted by Gasteiger charge is -2.32. The van der Waals surface area contributed by atoms with E-state index in [2.05, 4.69) is 19.6 Å². The first-order valence-corrected chi connectivity index (χ1v) is 7.59. The summed E-state index contributed by atoms with van der Waals surface area (Å²) in [6.45, 7) is 6.40. The molecule has 0 nitrogen and oxygen atoms in total. The Labute approximate surface area is 114 Å². The van der Waals surface area contributed by atoms with E-state index in [4.69, 9.17) is 0 Å². The Morgan fingerprint density at radius 1 is 1.32 bits per heavy atom. The largest absolute Gasteiger partial charge is 0.207 e. The minimum atomic E-state index is -0.0656. The molecule has 0 N–H and O–H groups in total. The molecule has 3 unspecified atom stereocenters. The summed E-state index contributed by atoms with van der Waals surface area (Å²) in [5.74, 6) is 1.87. The first-order chi connectivity index (χ1) is 9.11. The zero-order valence-electron chi connectivity index (χ0n) is 11.6. The van der Waals surface area contributed by atoms with E-state index in [1.165, 1.54) is 48.8 Å². The molecule has 2 saturated carbocycles. The van der Waals surface area contributed by atoms with Crippen LogP contribution in [-0.2, 0) is 5.41 Å². The minimum absolute atomic E-state index is 0.0656. The fourth-order valence-corrected chi connectivity index (χ4v) is 4.21.